The minimum absolute atomic E-state index is 0.0696. The largest absolute Gasteiger partial charge is 0.436 e. The number of benzene rings is 1. The fourth-order valence-electron chi connectivity index (χ4n) is 7.58. The van der Waals surface area contributed by atoms with Crippen molar-refractivity contribution in [3.8, 4) is 11.6 Å². The Labute approximate surface area is 211 Å². The second-order valence-electron chi connectivity index (χ2n) is 11.2. The summed E-state index contributed by atoms with van der Waals surface area (Å²) < 4.78 is 5.94. The lowest BCUT2D eigenvalue weighted by molar-refractivity contribution is -0.126. The Morgan fingerprint density at radius 3 is 2.63 bits per heavy atom. The number of hydrogen-bond donors (Lipinski definition) is 1. The molecule has 1 aromatic carbocycles. The standard InChI is InChI=1S/C28H32ClN3O3/c1-17(28-14-18-10-19(15-28)12-20(11-18)16-28)31-25(33)5-3-9-32-23-13-21(29)6-7-24(23)35-26-22(27(32)34)4-2-8-30-26/h2,4,6-8,13,17-20H,3,5,9-12,14-16H2,1H3,(H,31,33)/t17-,18?,19?,20?,28?/m1/s1. The van der Waals surface area contributed by atoms with Gasteiger partial charge in [-0.15, -0.1) is 0 Å². The Balaban J connectivity index is 1.12. The highest BCUT2D eigenvalue weighted by atomic mass is 35.5. The molecule has 4 bridgehead atoms. The zero-order valence-corrected chi connectivity index (χ0v) is 20.9. The zero-order valence-electron chi connectivity index (χ0n) is 20.1. The summed E-state index contributed by atoms with van der Waals surface area (Å²) in [6.07, 6.45) is 10.5. The van der Waals surface area contributed by atoms with Crippen LogP contribution < -0.4 is 15.0 Å². The maximum atomic E-state index is 13.4. The van der Waals surface area contributed by atoms with Gasteiger partial charge in [-0.2, -0.15) is 0 Å². The molecule has 1 aliphatic heterocycles. The highest BCUT2D eigenvalue weighted by Crippen LogP contribution is 2.61. The first-order chi connectivity index (χ1) is 16.9. The molecule has 7 heteroatoms. The fraction of sp³-hybridized carbons (Fsp3) is 0.536. The summed E-state index contributed by atoms with van der Waals surface area (Å²) >= 11 is 6.25. The number of nitrogens with one attached hydrogen (secondary N) is 1. The lowest BCUT2D eigenvalue weighted by Crippen LogP contribution is -2.55. The number of carbonyl (C=O) groups is 2. The lowest BCUT2D eigenvalue weighted by Gasteiger charge is -2.59. The fourth-order valence-corrected chi connectivity index (χ4v) is 7.74. The molecule has 0 radical (unpaired) electrons. The quantitative estimate of drug-likeness (QED) is 0.536. The van der Waals surface area contributed by atoms with Gasteiger partial charge in [-0.25, -0.2) is 4.98 Å². The third kappa shape index (κ3) is 4.20. The van der Waals surface area contributed by atoms with Gasteiger partial charge < -0.3 is 15.0 Å². The normalized spacial score (nSPS) is 29.1. The molecular formula is C28H32ClN3O3. The monoisotopic (exact) mass is 493 g/mol. The van der Waals surface area contributed by atoms with Crippen molar-refractivity contribution in [2.45, 2.75) is 64.3 Å². The molecule has 6 nitrogen and oxygen atoms in total. The SMILES string of the molecule is C[C@@H](NC(=O)CCCN1C(=O)c2cccnc2Oc2ccc(Cl)cc21)C12CC3CC(CC(C3)C1)C2. The molecule has 7 rings (SSSR count). The number of halogens is 1. The maximum absolute atomic E-state index is 13.4. The van der Waals surface area contributed by atoms with Gasteiger partial charge in [0.05, 0.1) is 5.69 Å². The van der Waals surface area contributed by atoms with Gasteiger partial charge in [0.1, 0.15) is 5.56 Å². The Bertz CT molecular complexity index is 1130. The highest BCUT2D eigenvalue weighted by Gasteiger charge is 2.53. The molecule has 0 unspecified atom stereocenters. The molecule has 1 aromatic heterocycles. The van der Waals surface area contributed by atoms with Crippen LogP contribution in [0.4, 0.5) is 5.69 Å². The second kappa shape index (κ2) is 8.81. The van der Waals surface area contributed by atoms with E-state index in [9.17, 15) is 9.59 Å². The summed E-state index contributed by atoms with van der Waals surface area (Å²) in [5, 5.41) is 3.86. The third-order valence-corrected chi connectivity index (χ3v) is 9.07. The third-order valence-electron chi connectivity index (χ3n) is 8.83. The van der Waals surface area contributed by atoms with E-state index in [1.165, 1.54) is 38.5 Å². The van der Waals surface area contributed by atoms with Crippen LogP contribution in [0.25, 0.3) is 0 Å². The van der Waals surface area contributed by atoms with Crippen LogP contribution in [-0.4, -0.2) is 29.4 Å². The Hall–Kier alpha value is -2.60. The molecule has 0 spiro atoms. The molecule has 2 heterocycles. The minimum atomic E-state index is -0.198. The molecule has 0 saturated heterocycles. The van der Waals surface area contributed by atoms with Crippen molar-refractivity contribution in [2.24, 2.45) is 23.2 Å². The van der Waals surface area contributed by atoms with Crippen molar-refractivity contribution >= 4 is 29.1 Å². The van der Waals surface area contributed by atoms with E-state index >= 15 is 0 Å². The Morgan fingerprint density at radius 1 is 1.20 bits per heavy atom. The van der Waals surface area contributed by atoms with E-state index in [0.717, 1.165) is 17.8 Å². The van der Waals surface area contributed by atoms with Crippen LogP contribution in [0.3, 0.4) is 0 Å². The average Bonchev–Trinajstić information content (AvgIpc) is 2.93. The number of hydrogen-bond acceptors (Lipinski definition) is 4. The van der Waals surface area contributed by atoms with Gasteiger partial charge in [-0.3, -0.25) is 9.59 Å². The molecule has 4 saturated carbocycles. The Kier molecular flexibility index (Phi) is 5.75. The van der Waals surface area contributed by atoms with Gasteiger partial charge in [0.2, 0.25) is 11.8 Å². The lowest BCUT2D eigenvalue weighted by atomic mass is 9.48. The molecule has 5 aliphatic rings. The minimum Gasteiger partial charge on any atom is -0.436 e. The topological polar surface area (TPSA) is 71.5 Å². The van der Waals surface area contributed by atoms with E-state index in [4.69, 9.17) is 16.3 Å². The summed E-state index contributed by atoms with van der Waals surface area (Å²) in [4.78, 5) is 32.2. The van der Waals surface area contributed by atoms with Crippen LogP contribution in [0.5, 0.6) is 11.6 Å². The molecule has 184 valence electrons. The number of pyridine rings is 1. The molecule has 4 fully saturated rings. The predicted molar refractivity (Wildman–Crippen MR) is 135 cm³/mol. The molecule has 1 atom stereocenters. The van der Waals surface area contributed by atoms with Crippen LogP contribution in [0.2, 0.25) is 5.02 Å². The molecule has 35 heavy (non-hydrogen) atoms. The van der Waals surface area contributed by atoms with E-state index in [1.54, 1.807) is 41.4 Å². The van der Waals surface area contributed by atoms with Gasteiger partial charge in [-0.05, 0) is 105 Å². The van der Waals surface area contributed by atoms with E-state index < -0.39 is 0 Å². The number of carbonyl (C=O) groups excluding carboxylic acids is 2. The number of nitrogens with zero attached hydrogens (tertiary/aromatic N) is 2. The van der Waals surface area contributed by atoms with Crippen LogP contribution >= 0.6 is 11.6 Å². The smallest absolute Gasteiger partial charge is 0.263 e. The van der Waals surface area contributed by atoms with Crippen LogP contribution in [0.1, 0.15) is 68.6 Å². The van der Waals surface area contributed by atoms with Crippen LogP contribution in [0, 0.1) is 23.2 Å². The zero-order chi connectivity index (χ0) is 24.2. The summed E-state index contributed by atoms with van der Waals surface area (Å²) in [5.74, 6) is 3.27. The summed E-state index contributed by atoms with van der Waals surface area (Å²) in [7, 11) is 0. The first-order valence-electron chi connectivity index (χ1n) is 12.9. The van der Waals surface area contributed by atoms with E-state index in [0.29, 0.717) is 41.4 Å². The molecule has 2 amide bonds. The maximum Gasteiger partial charge on any atom is 0.263 e. The van der Waals surface area contributed by atoms with Crippen molar-refractivity contribution in [1.29, 1.82) is 0 Å². The average molecular weight is 494 g/mol. The van der Waals surface area contributed by atoms with E-state index in [-0.39, 0.29) is 29.2 Å². The molecule has 1 N–H and O–H groups in total. The first-order valence-corrected chi connectivity index (χ1v) is 13.3. The summed E-state index contributed by atoms with van der Waals surface area (Å²) in [6, 6.07) is 8.85. The molecular weight excluding hydrogens is 462 g/mol. The number of anilines is 1. The van der Waals surface area contributed by atoms with Crippen molar-refractivity contribution in [3.05, 3.63) is 47.1 Å². The van der Waals surface area contributed by atoms with Gasteiger partial charge in [0.15, 0.2) is 5.75 Å². The number of amides is 2. The van der Waals surface area contributed by atoms with Gasteiger partial charge >= 0.3 is 0 Å². The van der Waals surface area contributed by atoms with E-state index in [1.807, 2.05) is 0 Å². The van der Waals surface area contributed by atoms with Gasteiger partial charge in [0, 0.05) is 30.2 Å². The Morgan fingerprint density at radius 2 is 1.91 bits per heavy atom. The van der Waals surface area contributed by atoms with Gasteiger partial charge in [-0.1, -0.05) is 11.6 Å². The summed E-state index contributed by atoms with van der Waals surface area (Å²) in [6.45, 7) is 2.60. The van der Waals surface area contributed by atoms with Crippen molar-refractivity contribution in [1.82, 2.24) is 10.3 Å². The predicted octanol–water partition coefficient (Wildman–Crippen LogP) is 5.99. The molecule has 4 aliphatic carbocycles. The van der Waals surface area contributed by atoms with Crippen LogP contribution in [0.15, 0.2) is 36.5 Å². The summed E-state index contributed by atoms with van der Waals surface area (Å²) in [5.41, 5.74) is 1.29. The van der Waals surface area contributed by atoms with Crippen molar-refractivity contribution in [3.63, 3.8) is 0 Å². The van der Waals surface area contributed by atoms with Gasteiger partial charge in [0.25, 0.3) is 5.91 Å². The van der Waals surface area contributed by atoms with E-state index in [2.05, 4.69) is 17.2 Å². The number of ether oxygens (including phenoxy) is 1. The second-order valence-corrected chi connectivity index (χ2v) is 11.6. The number of fused-ring (bicyclic) bond motifs is 2. The molecule has 2 aromatic rings. The highest BCUT2D eigenvalue weighted by molar-refractivity contribution is 6.31. The van der Waals surface area contributed by atoms with Crippen LogP contribution in [-0.2, 0) is 4.79 Å². The van der Waals surface area contributed by atoms with Crippen molar-refractivity contribution < 1.29 is 14.3 Å². The number of aromatic nitrogens is 1. The first kappa shape index (κ1) is 22.8. The number of rotatable bonds is 6. The van der Waals surface area contributed by atoms with Crippen molar-refractivity contribution in [2.75, 3.05) is 11.4 Å².